The molecule has 0 bridgehead atoms. The summed E-state index contributed by atoms with van der Waals surface area (Å²) in [6.45, 7) is 1.70. The number of benzene rings is 1. The van der Waals surface area contributed by atoms with Crippen molar-refractivity contribution in [1.29, 1.82) is 0 Å². The number of hydrogen-bond acceptors (Lipinski definition) is 5. The summed E-state index contributed by atoms with van der Waals surface area (Å²) in [5.74, 6) is -1.54. The van der Waals surface area contributed by atoms with E-state index in [9.17, 15) is 9.59 Å². The van der Waals surface area contributed by atoms with Crippen molar-refractivity contribution < 1.29 is 19.1 Å². The maximum Gasteiger partial charge on any atom is 0.371 e. The highest BCUT2D eigenvalue weighted by Gasteiger charge is 2.16. The van der Waals surface area contributed by atoms with Gasteiger partial charge in [-0.1, -0.05) is 0 Å². The van der Waals surface area contributed by atoms with Crippen molar-refractivity contribution >= 4 is 28.5 Å². The molecule has 2 N–H and O–H groups in total. The predicted molar refractivity (Wildman–Crippen MR) is 76.5 cm³/mol. The molecule has 0 spiro atoms. The van der Waals surface area contributed by atoms with Crippen LogP contribution in [0.4, 0.5) is 5.69 Å². The average Bonchev–Trinajstić information content (AvgIpc) is 3.15. The summed E-state index contributed by atoms with van der Waals surface area (Å²) >= 11 is 0. The topological polar surface area (TPSA) is 110 Å². The van der Waals surface area contributed by atoms with E-state index in [2.05, 4.69) is 15.4 Å². The minimum absolute atomic E-state index is 0.144. The Hall–Kier alpha value is -3.16. The van der Waals surface area contributed by atoms with E-state index in [-0.39, 0.29) is 11.7 Å². The van der Waals surface area contributed by atoms with Crippen LogP contribution in [0.25, 0.3) is 11.0 Å². The van der Waals surface area contributed by atoms with E-state index in [0.717, 1.165) is 0 Å². The van der Waals surface area contributed by atoms with Crippen molar-refractivity contribution in [2.45, 2.75) is 13.0 Å². The van der Waals surface area contributed by atoms with Crippen LogP contribution in [0.2, 0.25) is 0 Å². The van der Waals surface area contributed by atoms with Crippen LogP contribution in [0, 0.1) is 0 Å². The Balaban J connectivity index is 1.81. The fraction of sp³-hybridized carbons (Fsp3) is 0.143. The normalized spacial score (nSPS) is 12.2. The van der Waals surface area contributed by atoms with Gasteiger partial charge in [0, 0.05) is 11.1 Å². The van der Waals surface area contributed by atoms with Crippen LogP contribution in [0.15, 0.2) is 41.3 Å². The molecule has 3 rings (SSSR count). The van der Waals surface area contributed by atoms with Gasteiger partial charge in [-0.3, -0.25) is 4.79 Å². The monoisotopic (exact) mass is 300 g/mol. The first kappa shape index (κ1) is 13.8. The average molecular weight is 300 g/mol. The number of carbonyl (C=O) groups excluding carboxylic acids is 1. The molecule has 1 aromatic carbocycles. The number of carbonyl (C=O) groups is 2. The van der Waals surface area contributed by atoms with Gasteiger partial charge in [-0.05, 0) is 31.2 Å². The number of anilines is 1. The summed E-state index contributed by atoms with van der Waals surface area (Å²) in [4.78, 5) is 26.8. The minimum Gasteiger partial charge on any atom is -0.475 e. The minimum atomic E-state index is -1.14. The SMILES string of the molecule is CC(C(=O)Nc1ccc2oc(C(=O)O)cc2c1)n1cncn1. The molecule has 3 aromatic rings. The highest BCUT2D eigenvalue weighted by atomic mass is 16.4. The Morgan fingerprint density at radius 1 is 1.36 bits per heavy atom. The van der Waals surface area contributed by atoms with Crippen LogP contribution in [-0.4, -0.2) is 31.7 Å². The molecule has 1 amide bonds. The molecule has 2 aromatic heterocycles. The molecule has 0 radical (unpaired) electrons. The predicted octanol–water partition coefficient (Wildman–Crippen LogP) is 1.92. The summed E-state index contributed by atoms with van der Waals surface area (Å²) in [6.07, 6.45) is 2.82. The van der Waals surface area contributed by atoms with E-state index in [4.69, 9.17) is 9.52 Å². The summed E-state index contributed by atoms with van der Waals surface area (Å²) in [5, 5.41) is 16.2. The van der Waals surface area contributed by atoms with Gasteiger partial charge in [-0.2, -0.15) is 5.10 Å². The Labute approximate surface area is 124 Å². The summed E-state index contributed by atoms with van der Waals surface area (Å²) in [6, 6.07) is 5.80. The van der Waals surface area contributed by atoms with Crippen molar-refractivity contribution in [2.75, 3.05) is 5.32 Å². The largest absolute Gasteiger partial charge is 0.475 e. The number of nitrogens with zero attached hydrogens (tertiary/aromatic N) is 3. The van der Waals surface area contributed by atoms with E-state index in [0.29, 0.717) is 16.7 Å². The molecule has 0 fully saturated rings. The lowest BCUT2D eigenvalue weighted by Gasteiger charge is -2.11. The third kappa shape index (κ3) is 2.53. The van der Waals surface area contributed by atoms with Crippen molar-refractivity contribution in [3.63, 3.8) is 0 Å². The van der Waals surface area contributed by atoms with E-state index < -0.39 is 12.0 Å². The van der Waals surface area contributed by atoms with Crippen LogP contribution < -0.4 is 5.32 Å². The molecule has 1 atom stereocenters. The van der Waals surface area contributed by atoms with Gasteiger partial charge in [-0.25, -0.2) is 14.5 Å². The van der Waals surface area contributed by atoms with Gasteiger partial charge in [0.1, 0.15) is 24.3 Å². The molecule has 0 aliphatic carbocycles. The van der Waals surface area contributed by atoms with Crippen molar-refractivity contribution in [3.8, 4) is 0 Å². The van der Waals surface area contributed by atoms with Crippen molar-refractivity contribution in [3.05, 3.63) is 42.7 Å². The van der Waals surface area contributed by atoms with E-state index in [1.54, 1.807) is 25.1 Å². The number of nitrogens with one attached hydrogen (secondary N) is 1. The zero-order valence-electron chi connectivity index (χ0n) is 11.6. The van der Waals surface area contributed by atoms with Gasteiger partial charge < -0.3 is 14.8 Å². The number of hydrogen-bond donors (Lipinski definition) is 2. The van der Waals surface area contributed by atoms with Gasteiger partial charge in [-0.15, -0.1) is 0 Å². The van der Waals surface area contributed by atoms with Crippen LogP contribution in [0.1, 0.15) is 23.5 Å². The van der Waals surface area contributed by atoms with Crippen molar-refractivity contribution in [1.82, 2.24) is 14.8 Å². The number of fused-ring (bicyclic) bond motifs is 1. The quantitative estimate of drug-likeness (QED) is 0.761. The maximum atomic E-state index is 12.1. The van der Waals surface area contributed by atoms with Crippen LogP contribution in [-0.2, 0) is 4.79 Å². The van der Waals surface area contributed by atoms with Gasteiger partial charge in [0.25, 0.3) is 0 Å². The fourth-order valence-corrected chi connectivity index (χ4v) is 2.01. The zero-order chi connectivity index (χ0) is 15.7. The fourth-order valence-electron chi connectivity index (χ4n) is 2.01. The molecule has 8 nitrogen and oxygen atoms in total. The molecule has 22 heavy (non-hydrogen) atoms. The van der Waals surface area contributed by atoms with E-state index >= 15 is 0 Å². The standard InChI is InChI=1S/C14H12N4O4/c1-8(18-7-15-6-16-18)13(19)17-10-2-3-11-9(4-10)5-12(22-11)14(20)21/h2-8H,1H3,(H,17,19)(H,20,21). The number of aromatic carboxylic acids is 1. The number of carboxylic acids is 1. The molecule has 0 saturated carbocycles. The Morgan fingerprint density at radius 3 is 2.86 bits per heavy atom. The molecule has 0 aliphatic rings. The third-order valence-corrected chi connectivity index (χ3v) is 3.21. The lowest BCUT2D eigenvalue weighted by molar-refractivity contribution is -0.119. The molecule has 8 heteroatoms. The van der Waals surface area contributed by atoms with E-state index in [1.807, 2.05) is 0 Å². The number of carboxylic acid groups (broad SMARTS) is 1. The Morgan fingerprint density at radius 2 is 2.18 bits per heavy atom. The molecular formula is C14H12N4O4. The third-order valence-electron chi connectivity index (χ3n) is 3.21. The zero-order valence-corrected chi connectivity index (χ0v) is 11.6. The highest BCUT2D eigenvalue weighted by Crippen LogP contribution is 2.23. The first-order valence-corrected chi connectivity index (χ1v) is 6.46. The van der Waals surface area contributed by atoms with Gasteiger partial charge in [0.2, 0.25) is 11.7 Å². The highest BCUT2D eigenvalue weighted by molar-refractivity contribution is 5.97. The molecule has 1 unspecified atom stereocenters. The number of amides is 1. The lowest BCUT2D eigenvalue weighted by atomic mass is 10.2. The Kier molecular flexibility index (Phi) is 3.34. The lowest BCUT2D eigenvalue weighted by Crippen LogP contribution is -2.23. The summed E-state index contributed by atoms with van der Waals surface area (Å²) in [5.41, 5.74) is 0.988. The second-order valence-electron chi connectivity index (χ2n) is 4.71. The number of rotatable bonds is 4. The van der Waals surface area contributed by atoms with Crippen LogP contribution >= 0.6 is 0 Å². The van der Waals surface area contributed by atoms with Crippen molar-refractivity contribution in [2.24, 2.45) is 0 Å². The summed E-state index contributed by atoms with van der Waals surface area (Å²) in [7, 11) is 0. The van der Waals surface area contributed by atoms with Gasteiger partial charge in [0.15, 0.2) is 0 Å². The number of aromatic nitrogens is 3. The van der Waals surface area contributed by atoms with Crippen LogP contribution in [0.3, 0.4) is 0 Å². The smallest absolute Gasteiger partial charge is 0.371 e. The maximum absolute atomic E-state index is 12.1. The number of furan rings is 1. The molecular weight excluding hydrogens is 288 g/mol. The summed E-state index contributed by atoms with van der Waals surface area (Å²) < 4.78 is 6.60. The second kappa shape index (κ2) is 5.32. The first-order chi connectivity index (χ1) is 10.5. The second-order valence-corrected chi connectivity index (χ2v) is 4.71. The molecule has 112 valence electrons. The van der Waals surface area contributed by atoms with Crippen LogP contribution in [0.5, 0.6) is 0 Å². The van der Waals surface area contributed by atoms with E-state index in [1.165, 1.54) is 23.4 Å². The molecule has 0 saturated heterocycles. The molecule has 0 aliphatic heterocycles. The molecule has 2 heterocycles. The Bertz CT molecular complexity index is 838. The van der Waals surface area contributed by atoms with Gasteiger partial charge in [0.05, 0.1) is 0 Å². The first-order valence-electron chi connectivity index (χ1n) is 6.46. The van der Waals surface area contributed by atoms with Gasteiger partial charge >= 0.3 is 5.97 Å².